The normalized spacial score (nSPS) is 9.76. The second-order valence-electron chi connectivity index (χ2n) is 4.08. The number of carboxylic acids is 1. The summed E-state index contributed by atoms with van der Waals surface area (Å²) in [5.74, 6) is -1.60. The number of primary amides is 1. The van der Waals surface area contributed by atoms with Crippen molar-refractivity contribution in [2.75, 3.05) is 25.0 Å². The fourth-order valence-electron chi connectivity index (χ4n) is 1.60. The van der Waals surface area contributed by atoms with Crippen LogP contribution >= 0.6 is 0 Å². The molecule has 0 aliphatic carbocycles. The fraction of sp³-hybridized carbons (Fsp3) is 0.308. The molecule has 0 aromatic heterocycles. The summed E-state index contributed by atoms with van der Waals surface area (Å²) in [7, 11) is 0. The molecule has 0 spiro atoms. The zero-order valence-corrected chi connectivity index (χ0v) is 11.5. The molecule has 0 fully saturated rings. The van der Waals surface area contributed by atoms with Gasteiger partial charge in [-0.05, 0) is 19.1 Å². The molecule has 0 bridgehead atoms. The summed E-state index contributed by atoms with van der Waals surface area (Å²) in [4.78, 5) is 34.4. The first-order valence-electron chi connectivity index (χ1n) is 6.22. The number of carbonyl (C=O) groups is 3. The molecule has 0 unspecified atom stereocenters. The van der Waals surface area contributed by atoms with Gasteiger partial charge in [-0.3, -0.25) is 9.59 Å². The lowest BCUT2D eigenvalue weighted by molar-refractivity contribution is -0.137. The van der Waals surface area contributed by atoms with Crippen LogP contribution in [-0.2, 0) is 9.59 Å². The maximum Gasteiger partial charge on any atom is 0.323 e. The topological polar surface area (TPSA) is 122 Å². The summed E-state index contributed by atoms with van der Waals surface area (Å²) in [6.45, 7) is 1.08. The maximum atomic E-state index is 12.0. The first-order valence-corrected chi connectivity index (χ1v) is 6.22. The molecule has 0 radical (unpaired) electrons. The molecule has 1 rings (SSSR count). The molecule has 1 aromatic rings. The summed E-state index contributed by atoms with van der Waals surface area (Å²) in [6.07, 6.45) is 0. The van der Waals surface area contributed by atoms with Gasteiger partial charge < -0.3 is 25.8 Å². The van der Waals surface area contributed by atoms with E-state index in [0.29, 0.717) is 18.0 Å². The van der Waals surface area contributed by atoms with Crippen LogP contribution in [-0.4, -0.2) is 47.6 Å². The molecule has 0 aliphatic rings. The number of aliphatic carboxylic acids is 1. The Labute approximate surface area is 121 Å². The molecular weight excluding hydrogens is 278 g/mol. The average Bonchev–Trinajstić information content (AvgIpc) is 2.39. The number of urea groups is 1. The van der Waals surface area contributed by atoms with E-state index in [9.17, 15) is 14.4 Å². The molecule has 1 aromatic carbocycles. The van der Waals surface area contributed by atoms with Crippen molar-refractivity contribution in [3.05, 3.63) is 24.3 Å². The van der Waals surface area contributed by atoms with Gasteiger partial charge in [0.1, 0.15) is 18.8 Å². The van der Waals surface area contributed by atoms with Gasteiger partial charge in [0.2, 0.25) is 5.91 Å². The highest BCUT2D eigenvalue weighted by Crippen LogP contribution is 2.23. The van der Waals surface area contributed by atoms with Crippen molar-refractivity contribution in [1.82, 2.24) is 4.90 Å². The van der Waals surface area contributed by atoms with E-state index in [1.54, 1.807) is 31.2 Å². The van der Waals surface area contributed by atoms with Crippen LogP contribution in [0.25, 0.3) is 0 Å². The van der Waals surface area contributed by atoms with Gasteiger partial charge in [0.15, 0.2) is 0 Å². The summed E-state index contributed by atoms with van der Waals surface area (Å²) in [6, 6.07) is 5.94. The number of anilines is 1. The van der Waals surface area contributed by atoms with Gasteiger partial charge >= 0.3 is 12.0 Å². The first-order chi connectivity index (χ1) is 9.93. The Hall–Kier alpha value is -2.77. The number of carboxylic acid groups (broad SMARTS) is 1. The Bertz CT molecular complexity index is 516. The number of nitrogens with two attached hydrogens (primary N) is 1. The van der Waals surface area contributed by atoms with Gasteiger partial charge in [-0.25, -0.2) is 4.79 Å². The molecule has 21 heavy (non-hydrogen) atoms. The molecule has 8 heteroatoms. The van der Waals surface area contributed by atoms with Crippen molar-refractivity contribution >= 4 is 23.6 Å². The van der Waals surface area contributed by atoms with Crippen molar-refractivity contribution in [2.24, 2.45) is 5.73 Å². The van der Waals surface area contributed by atoms with Crippen LogP contribution in [0.1, 0.15) is 6.92 Å². The Morgan fingerprint density at radius 3 is 2.52 bits per heavy atom. The Balaban J connectivity index is 2.85. The minimum Gasteiger partial charge on any atom is -0.492 e. The first kappa shape index (κ1) is 16.3. The van der Waals surface area contributed by atoms with E-state index in [-0.39, 0.29) is 0 Å². The monoisotopic (exact) mass is 295 g/mol. The fourth-order valence-corrected chi connectivity index (χ4v) is 1.60. The van der Waals surface area contributed by atoms with Crippen LogP contribution in [0, 0.1) is 0 Å². The van der Waals surface area contributed by atoms with Crippen molar-refractivity contribution in [2.45, 2.75) is 6.92 Å². The number of rotatable bonds is 7. The van der Waals surface area contributed by atoms with Crippen LogP contribution in [0.5, 0.6) is 5.75 Å². The molecule has 4 N–H and O–H groups in total. The van der Waals surface area contributed by atoms with Crippen LogP contribution in [0.15, 0.2) is 24.3 Å². The number of para-hydroxylation sites is 2. The molecule has 8 nitrogen and oxygen atoms in total. The summed E-state index contributed by atoms with van der Waals surface area (Å²) < 4.78 is 5.34. The lowest BCUT2D eigenvalue weighted by Crippen LogP contribution is -2.43. The molecule has 0 saturated heterocycles. The molecule has 0 saturated carbocycles. The highest BCUT2D eigenvalue weighted by atomic mass is 16.5. The predicted molar refractivity (Wildman–Crippen MR) is 75.0 cm³/mol. The standard InChI is InChI=1S/C13H17N3O5/c1-2-21-10-6-4-3-5-9(10)15-13(20)16(7-11(14)17)8-12(18)19/h3-6H,2,7-8H2,1H3,(H2,14,17)(H,15,20)(H,18,19). The number of benzene rings is 1. The predicted octanol–water partition coefficient (Wildman–Crippen LogP) is 0.489. The summed E-state index contributed by atoms with van der Waals surface area (Å²) >= 11 is 0. The Kier molecular flexibility index (Phi) is 5.99. The van der Waals surface area contributed by atoms with Crippen LogP contribution in [0.2, 0.25) is 0 Å². The number of carbonyl (C=O) groups excluding carboxylic acids is 2. The van der Waals surface area contributed by atoms with Gasteiger partial charge in [-0.2, -0.15) is 0 Å². The highest BCUT2D eigenvalue weighted by Gasteiger charge is 2.19. The minimum absolute atomic E-state index is 0.379. The smallest absolute Gasteiger partial charge is 0.323 e. The molecule has 114 valence electrons. The lowest BCUT2D eigenvalue weighted by Gasteiger charge is -2.20. The van der Waals surface area contributed by atoms with E-state index < -0.39 is 31.0 Å². The zero-order chi connectivity index (χ0) is 15.8. The van der Waals surface area contributed by atoms with Gasteiger partial charge in [-0.1, -0.05) is 12.1 Å². The largest absolute Gasteiger partial charge is 0.492 e. The SMILES string of the molecule is CCOc1ccccc1NC(=O)N(CC(N)=O)CC(=O)O. The Morgan fingerprint density at radius 1 is 1.29 bits per heavy atom. The highest BCUT2D eigenvalue weighted by molar-refractivity contribution is 5.95. The van der Waals surface area contributed by atoms with Gasteiger partial charge in [-0.15, -0.1) is 0 Å². The number of nitrogens with zero attached hydrogens (tertiary/aromatic N) is 1. The second kappa shape index (κ2) is 7.73. The van der Waals surface area contributed by atoms with Crippen LogP contribution in [0.3, 0.4) is 0 Å². The van der Waals surface area contributed by atoms with Crippen LogP contribution in [0.4, 0.5) is 10.5 Å². The van der Waals surface area contributed by atoms with Crippen molar-refractivity contribution in [1.29, 1.82) is 0 Å². The summed E-state index contributed by atoms with van der Waals surface area (Å²) in [5.41, 5.74) is 5.38. The minimum atomic E-state index is -1.25. The van der Waals surface area contributed by atoms with E-state index in [4.69, 9.17) is 15.6 Å². The third-order valence-corrected chi connectivity index (χ3v) is 2.39. The summed E-state index contributed by atoms with van der Waals surface area (Å²) in [5, 5.41) is 11.2. The van der Waals surface area contributed by atoms with Crippen LogP contribution < -0.4 is 15.8 Å². The van der Waals surface area contributed by atoms with E-state index in [2.05, 4.69) is 5.32 Å². The molecule has 0 aliphatic heterocycles. The molecular formula is C13H17N3O5. The van der Waals surface area contributed by atoms with E-state index >= 15 is 0 Å². The zero-order valence-electron chi connectivity index (χ0n) is 11.5. The van der Waals surface area contributed by atoms with Crippen molar-refractivity contribution in [3.8, 4) is 5.75 Å². The maximum absolute atomic E-state index is 12.0. The third-order valence-electron chi connectivity index (χ3n) is 2.39. The molecule has 0 atom stereocenters. The number of ether oxygens (including phenoxy) is 1. The average molecular weight is 295 g/mol. The van der Waals surface area contributed by atoms with Crippen molar-refractivity contribution < 1.29 is 24.2 Å². The second-order valence-corrected chi connectivity index (χ2v) is 4.08. The van der Waals surface area contributed by atoms with Gasteiger partial charge in [0, 0.05) is 0 Å². The quantitative estimate of drug-likeness (QED) is 0.675. The van der Waals surface area contributed by atoms with E-state index in [1.807, 2.05) is 0 Å². The Morgan fingerprint density at radius 2 is 1.95 bits per heavy atom. The van der Waals surface area contributed by atoms with Crippen molar-refractivity contribution in [3.63, 3.8) is 0 Å². The number of amides is 3. The number of nitrogens with one attached hydrogen (secondary N) is 1. The van der Waals surface area contributed by atoms with E-state index in [0.717, 1.165) is 4.90 Å². The lowest BCUT2D eigenvalue weighted by atomic mass is 10.3. The number of hydrogen-bond acceptors (Lipinski definition) is 4. The third kappa shape index (κ3) is 5.39. The van der Waals surface area contributed by atoms with E-state index in [1.165, 1.54) is 0 Å². The number of hydrogen-bond donors (Lipinski definition) is 3. The van der Waals surface area contributed by atoms with Gasteiger partial charge in [0.05, 0.1) is 12.3 Å². The molecule has 0 heterocycles. The molecule has 3 amide bonds. The van der Waals surface area contributed by atoms with Gasteiger partial charge in [0.25, 0.3) is 0 Å².